The fourth-order valence-corrected chi connectivity index (χ4v) is 13.1. The first-order chi connectivity index (χ1) is 37.1. The molecule has 6 heterocycles. The second-order valence-electron chi connectivity index (χ2n) is 23.3. The molecule has 4 aliphatic heterocycles. The molecule has 3 aromatic carbocycles. The van der Waals surface area contributed by atoms with E-state index < -0.39 is 47.6 Å². The number of anilines is 1. The first-order valence-electron chi connectivity index (χ1n) is 28.3. The van der Waals surface area contributed by atoms with Crippen molar-refractivity contribution >= 4 is 40.2 Å². The topological polar surface area (TPSA) is 168 Å². The number of amides is 2. The number of nitrogens with zero attached hydrogens (tertiary/aromatic N) is 5. The SMILES string of the molecule is CCn1c(-c2cc(N3CCN(C)CC3)cnc2[C@H](C)OC)c2c3cc(ccc31)-c1cc(O)cc(c1)C[C@H](NC(=O)C(C1CCCC1)N(C)C(=O)[C@H]1OCC[C@H]1c1ccccc1)C(=O)C1CCC[C@H](N1)C(=O)OCC(C)(C)C2. The highest BCUT2D eigenvalue weighted by Crippen LogP contribution is 2.44. The standard InChI is InChI=1S/C62H79N7O8/c1-8-69-53-22-21-42-33-47(53)49(56(69)48-34-44(36-63-54(48)38(2)75-7)68-26-24-66(5)25-27-68)35-62(3,4)37-77-61(74)51-20-14-19-50(64-51)57(71)52(31-39-29-43(42)32-45(70)30-39)65-59(72)55(41-17-12-13-18-41)67(6)60(73)58-46(23-28-76-58)40-15-10-9-11-16-40/h9-11,15-16,21-22,29-30,32-34,36,38,41,46,50-52,55,58,64,70H,8,12-14,17-20,23-28,31,35,37H2,1-7H3,(H,65,72)/t38-,46-,50?,51-,52-,55?,58-/m0/s1. The van der Waals surface area contributed by atoms with Crippen LogP contribution < -0.4 is 15.5 Å². The molecular formula is C62H79N7O8. The number of aromatic nitrogens is 2. The molecule has 1 aliphatic carbocycles. The third-order valence-corrected chi connectivity index (χ3v) is 17.4. The lowest BCUT2D eigenvalue weighted by molar-refractivity contribution is -0.150. The van der Waals surface area contributed by atoms with Gasteiger partial charge in [0.15, 0.2) is 5.78 Å². The number of fused-ring (bicyclic) bond motifs is 6. The number of carbonyl (C=O) groups is 4. The molecule has 0 radical (unpaired) electrons. The second kappa shape index (κ2) is 23.1. The molecule has 2 aromatic heterocycles. The van der Waals surface area contributed by atoms with Gasteiger partial charge < -0.3 is 43.9 Å². The van der Waals surface area contributed by atoms with E-state index in [1.165, 1.54) is 0 Å². The van der Waals surface area contributed by atoms with Crippen LogP contribution >= 0.6 is 0 Å². The van der Waals surface area contributed by atoms with E-state index >= 15 is 9.59 Å². The number of piperidine rings is 1. The van der Waals surface area contributed by atoms with Gasteiger partial charge in [-0.15, -0.1) is 0 Å². The van der Waals surface area contributed by atoms with Crippen molar-refractivity contribution in [2.45, 2.75) is 141 Å². The van der Waals surface area contributed by atoms with Crippen molar-refractivity contribution in [2.24, 2.45) is 11.3 Å². The number of phenols is 1. The van der Waals surface area contributed by atoms with Crippen LogP contribution in [-0.2, 0) is 52.8 Å². The maximum Gasteiger partial charge on any atom is 0.323 e. The van der Waals surface area contributed by atoms with E-state index in [0.29, 0.717) is 50.8 Å². The number of ether oxygens (including phenoxy) is 3. The fraction of sp³-hybridized carbons (Fsp3) is 0.532. The Bertz CT molecular complexity index is 2960. The van der Waals surface area contributed by atoms with Crippen LogP contribution in [0, 0.1) is 11.3 Å². The summed E-state index contributed by atoms with van der Waals surface area (Å²) in [5, 5.41) is 19.2. The smallest absolute Gasteiger partial charge is 0.323 e. The van der Waals surface area contributed by atoms with Gasteiger partial charge in [0.25, 0.3) is 5.91 Å². The number of methoxy groups -OCH3 is 1. The Morgan fingerprint density at radius 3 is 2.43 bits per heavy atom. The zero-order valence-electron chi connectivity index (χ0n) is 46.2. The Kier molecular flexibility index (Phi) is 16.2. The molecule has 15 heteroatoms. The summed E-state index contributed by atoms with van der Waals surface area (Å²) >= 11 is 0. The maximum atomic E-state index is 15.2. The molecule has 15 nitrogen and oxygen atoms in total. The average Bonchev–Trinajstić information content (AvgIpc) is 4.22. The van der Waals surface area contributed by atoms with Gasteiger partial charge in [0.1, 0.15) is 23.9 Å². The molecule has 7 atom stereocenters. The van der Waals surface area contributed by atoms with Crippen molar-refractivity contribution in [3.05, 3.63) is 101 Å². The largest absolute Gasteiger partial charge is 0.508 e. The summed E-state index contributed by atoms with van der Waals surface area (Å²) < 4.78 is 20.8. The first-order valence-corrected chi connectivity index (χ1v) is 28.3. The van der Waals surface area contributed by atoms with E-state index in [0.717, 1.165) is 108 Å². The Balaban J connectivity index is 1.05. The van der Waals surface area contributed by atoms with Gasteiger partial charge in [-0.25, -0.2) is 0 Å². The molecule has 77 heavy (non-hydrogen) atoms. The van der Waals surface area contributed by atoms with E-state index in [1.54, 1.807) is 31.2 Å². The number of aromatic hydroxyl groups is 1. The summed E-state index contributed by atoms with van der Waals surface area (Å²) in [5.74, 6) is -1.58. The maximum absolute atomic E-state index is 15.2. The zero-order valence-corrected chi connectivity index (χ0v) is 46.2. The van der Waals surface area contributed by atoms with E-state index in [-0.39, 0.29) is 48.4 Å². The summed E-state index contributed by atoms with van der Waals surface area (Å²) in [5.41, 5.74) is 8.78. The molecule has 0 spiro atoms. The van der Waals surface area contributed by atoms with Crippen LogP contribution in [0.2, 0.25) is 0 Å². The molecule has 2 amide bonds. The van der Waals surface area contributed by atoms with E-state index in [1.807, 2.05) is 49.5 Å². The quantitative estimate of drug-likeness (QED) is 0.108. The number of hydrogen-bond donors (Lipinski definition) is 3. The van der Waals surface area contributed by atoms with E-state index in [9.17, 15) is 14.7 Å². The van der Waals surface area contributed by atoms with Gasteiger partial charge in [0.2, 0.25) is 5.91 Å². The molecule has 6 bridgehead atoms. The number of esters is 1. The summed E-state index contributed by atoms with van der Waals surface area (Å²) in [4.78, 5) is 70.7. The zero-order chi connectivity index (χ0) is 54.1. The Hall–Kier alpha value is -6.13. The summed E-state index contributed by atoms with van der Waals surface area (Å²) in [6, 6.07) is 20.6. The summed E-state index contributed by atoms with van der Waals surface area (Å²) in [7, 11) is 5.57. The molecular weight excluding hydrogens is 971 g/mol. The summed E-state index contributed by atoms with van der Waals surface area (Å²) in [6.07, 6.45) is 7.19. The van der Waals surface area contributed by atoms with Gasteiger partial charge in [0.05, 0.1) is 48.1 Å². The van der Waals surface area contributed by atoms with E-state index in [4.69, 9.17) is 19.2 Å². The minimum atomic E-state index is -1.07. The Morgan fingerprint density at radius 1 is 0.935 bits per heavy atom. The molecule has 4 fully saturated rings. The lowest BCUT2D eigenvalue weighted by Crippen LogP contribution is -2.60. The highest BCUT2D eigenvalue weighted by Gasteiger charge is 2.44. The molecule has 410 valence electrons. The normalized spacial score (nSPS) is 24.3. The van der Waals surface area contributed by atoms with Crippen molar-refractivity contribution in [3.8, 4) is 28.1 Å². The highest BCUT2D eigenvalue weighted by atomic mass is 16.5. The molecule has 3 saturated heterocycles. The average molecular weight is 1050 g/mol. The van der Waals surface area contributed by atoms with Crippen molar-refractivity contribution in [3.63, 3.8) is 0 Å². The lowest BCUT2D eigenvalue weighted by Gasteiger charge is -2.36. The fourth-order valence-electron chi connectivity index (χ4n) is 13.1. The van der Waals surface area contributed by atoms with Crippen molar-refractivity contribution in [2.75, 3.05) is 65.5 Å². The number of aryl methyl sites for hydroxylation is 1. The van der Waals surface area contributed by atoms with Gasteiger partial charge in [-0.2, -0.15) is 0 Å². The van der Waals surface area contributed by atoms with Crippen LogP contribution in [0.25, 0.3) is 33.3 Å². The molecule has 3 N–H and O–H groups in total. The van der Waals surface area contributed by atoms with Crippen LogP contribution in [0.15, 0.2) is 79.0 Å². The lowest BCUT2D eigenvalue weighted by atomic mass is 9.83. The van der Waals surface area contributed by atoms with Crippen molar-refractivity contribution < 1.29 is 38.5 Å². The summed E-state index contributed by atoms with van der Waals surface area (Å²) in [6.45, 7) is 13.4. The number of likely N-dealkylation sites (N-methyl/N-ethyl adjacent to an activating group) is 2. The minimum Gasteiger partial charge on any atom is -0.508 e. The van der Waals surface area contributed by atoms with Crippen molar-refractivity contribution in [1.82, 2.24) is 30.0 Å². The Labute approximate surface area is 454 Å². The van der Waals surface area contributed by atoms with Gasteiger partial charge >= 0.3 is 5.97 Å². The van der Waals surface area contributed by atoms with Crippen LogP contribution in [-0.4, -0.2) is 139 Å². The number of pyridine rings is 1. The van der Waals surface area contributed by atoms with Crippen LogP contribution in [0.1, 0.15) is 113 Å². The van der Waals surface area contributed by atoms with Gasteiger partial charge in [-0.3, -0.25) is 29.5 Å². The van der Waals surface area contributed by atoms with Gasteiger partial charge in [-0.1, -0.05) is 69.2 Å². The first kappa shape index (κ1) is 54.2. The third kappa shape index (κ3) is 11.4. The second-order valence-corrected chi connectivity index (χ2v) is 23.3. The van der Waals surface area contributed by atoms with Crippen molar-refractivity contribution in [1.29, 1.82) is 0 Å². The number of hydrogen-bond acceptors (Lipinski definition) is 12. The number of rotatable bonds is 11. The predicted octanol–water partition coefficient (Wildman–Crippen LogP) is 8.38. The molecule has 2 unspecified atom stereocenters. The molecule has 1 saturated carbocycles. The predicted molar refractivity (Wildman–Crippen MR) is 299 cm³/mol. The minimum absolute atomic E-state index is 0.0278. The highest BCUT2D eigenvalue weighted by molar-refractivity contribution is 5.98. The van der Waals surface area contributed by atoms with Gasteiger partial charge in [-0.05, 0) is 136 Å². The number of carbonyl (C=O) groups excluding carboxylic acids is 4. The number of Topliss-reactive ketones (excluding diaryl/α,β-unsaturated/α-hetero) is 1. The molecule has 5 aliphatic rings. The molecule has 10 rings (SSSR count). The number of nitrogens with one attached hydrogen (secondary N) is 2. The number of phenolic OH excluding ortho intramolecular Hbond substituents is 1. The van der Waals surface area contributed by atoms with Gasteiger partial charge in [0, 0.05) is 81.3 Å². The van der Waals surface area contributed by atoms with Crippen LogP contribution in [0.3, 0.4) is 0 Å². The number of benzene rings is 3. The molecule has 5 aromatic rings. The van der Waals surface area contributed by atoms with Crippen LogP contribution in [0.5, 0.6) is 5.75 Å². The van der Waals surface area contributed by atoms with E-state index in [2.05, 4.69) is 77.1 Å². The number of ketones is 1. The Morgan fingerprint density at radius 2 is 1.69 bits per heavy atom. The third-order valence-electron chi connectivity index (χ3n) is 17.4. The number of piperazine rings is 1. The monoisotopic (exact) mass is 1050 g/mol. The van der Waals surface area contributed by atoms with Crippen LogP contribution in [0.4, 0.5) is 5.69 Å². The number of cyclic esters (lactones) is 1.